The van der Waals surface area contributed by atoms with Crippen LogP contribution >= 0.6 is 0 Å². The molecule has 1 aromatic carbocycles. The van der Waals surface area contributed by atoms with Crippen LogP contribution in [0.1, 0.15) is 13.8 Å². The van der Waals surface area contributed by atoms with Gasteiger partial charge in [0.15, 0.2) is 17.0 Å². The molecule has 0 fully saturated rings. The van der Waals surface area contributed by atoms with E-state index in [4.69, 9.17) is 9.47 Å². The van der Waals surface area contributed by atoms with E-state index in [2.05, 4.69) is 20.4 Å². The van der Waals surface area contributed by atoms with E-state index in [1.807, 2.05) is 13.8 Å². The van der Waals surface area contributed by atoms with Crippen molar-refractivity contribution in [2.24, 2.45) is 0 Å². The molecule has 0 atom stereocenters. The molecule has 0 aliphatic carbocycles. The van der Waals surface area contributed by atoms with E-state index in [1.54, 1.807) is 12.1 Å². The standard InChI is InChI=1S/C14H14N4O4/c1-6(2)22-10-4-7-8(5-9(10)21-3)15-14(20)12-11(13(7)19)16-18-17-12/h4-6H,1-3H3,(H,15,20)(H,16,17,18). The molecule has 0 unspecified atom stereocenters. The third-order valence-electron chi connectivity index (χ3n) is 3.15. The Morgan fingerprint density at radius 3 is 2.64 bits per heavy atom. The van der Waals surface area contributed by atoms with Gasteiger partial charge in [0.25, 0.3) is 5.56 Å². The van der Waals surface area contributed by atoms with Crippen molar-refractivity contribution < 1.29 is 9.47 Å². The summed E-state index contributed by atoms with van der Waals surface area (Å²) in [5.74, 6) is 0.854. The lowest BCUT2D eigenvalue weighted by molar-refractivity contribution is 0.230. The average molecular weight is 302 g/mol. The lowest BCUT2D eigenvalue weighted by Gasteiger charge is -2.13. The fraction of sp³-hybridized carbons (Fsp3) is 0.286. The van der Waals surface area contributed by atoms with Gasteiger partial charge in [0.05, 0.1) is 24.1 Å². The van der Waals surface area contributed by atoms with Gasteiger partial charge in [-0.25, -0.2) is 0 Å². The Balaban J connectivity index is 2.46. The van der Waals surface area contributed by atoms with Crippen molar-refractivity contribution in [1.29, 1.82) is 0 Å². The number of rotatable bonds is 3. The van der Waals surface area contributed by atoms with Crippen LogP contribution in [-0.2, 0) is 0 Å². The van der Waals surface area contributed by atoms with Crippen molar-refractivity contribution in [2.45, 2.75) is 20.0 Å². The number of fused-ring (bicyclic) bond motifs is 2. The summed E-state index contributed by atoms with van der Waals surface area (Å²) in [6.45, 7) is 3.73. The molecule has 0 bridgehead atoms. The number of H-pyrrole nitrogens is 2. The minimum Gasteiger partial charge on any atom is -0.493 e. The molecule has 0 radical (unpaired) electrons. The first-order chi connectivity index (χ1) is 10.5. The van der Waals surface area contributed by atoms with Crippen LogP contribution in [0.3, 0.4) is 0 Å². The highest BCUT2D eigenvalue weighted by Crippen LogP contribution is 2.31. The normalized spacial score (nSPS) is 11.3. The van der Waals surface area contributed by atoms with Crippen LogP contribution in [0.25, 0.3) is 21.9 Å². The van der Waals surface area contributed by atoms with Crippen molar-refractivity contribution in [3.05, 3.63) is 32.7 Å². The third-order valence-corrected chi connectivity index (χ3v) is 3.15. The summed E-state index contributed by atoms with van der Waals surface area (Å²) < 4.78 is 10.9. The lowest BCUT2D eigenvalue weighted by atomic mass is 10.2. The second-order valence-electron chi connectivity index (χ2n) is 5.03. The van der Waals surface area contributed by atoms with Gasteiger partial charge in [-0.15, -0.1) is 5.10 Å². The highest BCUT2D eigenvalue weighted by atomic mass is 16.5. The third kappa shape index (κ3) is 2.18. The van der Waals surface area contributed by atoms with Gasteiger partial charge in [0.2, 0.25) is 5.43 Å². The SMILES string of the molecule is COc1cc2[nH]c(=O)c3nn[nH]c3c(=O)c2cc1OC(C)C. The summed E-state index contributed by atoms with van der Waals surface area (Å²) in [5.41, 5.74) is -0.530. The quantitative estimate of drug-likeness (QED) is 0.745. The van der Waals surface area contributed by atoms with E-state index in [-0.39, 0.29) is 28.0 Å². The molecule has 3 rings (SSSR count). The zero-order valence-corrected chi connectivity index (χ0v) is 12.3. The Hall–Kier alpha value is -2.90. The number of hydrogen-bond acceptors (Lipinski definition) is 6. The van der Waals surface area contributed by atoms with E-state index in [9.17, 15) is 9.59 Å². The van der Waals surface area contributed by atoms with Crippen molar-refractivity contribution >= 4 is 21.9 Å². The Labute approximate surface area is 124 Å². The largest absolute Gasteiger partial charge is 0.493 e. The molecule has 2 aromatic heterocycles. The van der Waals surface area contributed by atoms with E-state index < -0.39 is 5.56 Å². The molecule has 0 saturated carbocycles. The molecule has 0 aliphatic rings. The maximum Gasteiger partial charge on any atom is 0.278 e. The van der Waals surface area contributed by atoms with Gasteiger partial charge in [-0.2, -0.15) is 0 Å². The zero-order valence-electron chi connectivity index (χ0n) is 12.3. The topological polar surface area (TPSA) is 110 Å². The van der Waals surface area contributed by atoms with E-state index in [1.165, 1.54) is 7.11 Å². The number of ether oxygens (including phenoxy) is 2. The smallest absolute Gasteiger partial charge is 0.278 e. The first kappa shape index (κ1) is 14.1. The molecule has 8 nitrogen and oxygen atoms in total. The fourth-order valence-electron chi connectivity index (χ4n) is 2.22. The molecule has 0 spiro atoms. The Morgan fingerprint density at radius 1 is 1.18 bits per heavy atom. The fourth-order valence-corrected chi connectivity index (χ4v) is 2.22. The summed E-state index contributed by atoms with van der Waals surface area (Å²) in [6.07, 6.45) is -0.0909. The number of nitrogens with one attached hydrogen (secondary N) is 2. The number of nitrogens with zero attached hydrogens (tertiary/aromatic N) is 2. The summed E-state index contributed by atoms with van der Waals surface area (Å²) >= 11 is 0. The second kappa shape index (κ2) is 5.14. The Kier molecular flexibility index (Phi) is 3.28. The first-order valence-electron chi connectivity index (χ1n) is 6.67. The molecular weight excluding hydrogens is 288 g/mol. The number of aromatic nitrogens is 4. The molecule has 8 heteroatoms. The Bertz CT molecular complexity index is 974. The summed E-state index contributed by atoms with van der Waals surface area (Å²) in [7, 11) is 1.49. The minimum absolute atomic E-state index is 0.0357. The van der Waals surface area contributed by atoms with Gasteiger partial charge >= 0.3 is 0 Å². The zero-order chi connectivity index (χ0) is 15.9. The van der Waals surface area contributed by atoms with Crippen molar-refractivity contribution in [3.63, 3.8) is 0 Å². The molecule has 2 N–H and O–H groups in total. The van der Waals surface area contributed by atoms with Gasteiger partial charge in [0, 0.05) is 6.07 Å². The van der Waals surface area contributed by atoms with E-state index in [0.29, 0.717) is 17.0 Å². The average Bonchev–Trinajstić information content (AvgIpc) is 2.93. The molecule has 22 heavy (non-hydrogen) atoms. The molecule has 114 valence electrons. The molecule has 2 heterocycles. The summed E-state index contributed by atoms with van der Waals surface area (Å²) in [5, 5.41) is 9.91. The van der Waals surface area contributed by atoms with Crippen molar-refractivity contribution in [3.8, 4) is 11.5 Å². The Morgan fingerprint density at radius 2 is 1.95 bits per heavy atom. The maximum atomic E-state index is 12.6. The minimum atomic E-state index is -0.504. The van der Waals surface area contributed by atoms with Crippen LogP contribution in [0.5, 0.6) is 11.5 Å². The van der Waals surface area contributed by atoms with Gasteiger partial charge in [-0.3, -0.25) is 14.7 Å². The summed E-state index contributed by atoms with van der Waals surface area (Å²) in [6, 6.07) is 3.11. The lowest BCUT2D eigenvalue weighted by Crippen LogP contribution is -2.08. The monoisotopic (exact) mass is 302 g/mol. The second-order valence-corrected chi connectivity index (χ2v) is 5.03. The predicted molar refractivity (Wildman–Crippen MR) is 80.6 cm³/mol. The van der Waals surface area contributed by atoms with Crippen molar-refractivity contribution in [1.82, 2.24) is 20.4 Å². The first-order valence-corrected chi connectivity index (χ1v) is 6.67. The highest BCUT2D eigenvalue weighted by molar-refractivity contribution is 5.88. The van der Waals surface area contributed by atoms with Crippen LogP contribution in [0.15, 0.2) is 21.7 Å². The summed E-state index contributed by atoms with van der Waals surface area (Å²) in [4.78, 5) is 27.3. The molecule has 0 amide bonds. The van der Waals surface area contributed by atoms with Gasteiger partial charge < -0.3 is 14.5 Å². The predicted octanol–water partition coefficient (Wildman–Crippen LogP) is 0.955. The number of methoxy groups -OCH3 is 1. The molecule has 3 aromatic rings. The number of aromatic amines is 2. The van der Waals surface area contributed by atoms with E-state index in [0.717, 1.165) is 0 Å². The van der Waals surface area contributed by atoms with Crippen LogP contribution < -0.4 is 20.5 Å². The number of benzene rings is 1. The molecular formula is C14H14N4O4. The molecule has 0 saturated heterocycles. The van der Waals surface area contributed by atoms with Crippen LogP contribution in [0, 0.1) is 0 Å². The number of hydrogen-bond donors (Lipinski definition) is 2. The van der Waals surface area contributed by atoms with Crippen LogP contribution in [0.4, 0.5) is 0 Å². The van der Waals surface area contributed by atoms with Crippen molar-refractivity contribution in [2.75, 3.05) is 7.11 Å². The molecule has 0 aliphatic heterocycles. The van der Waals surface area contributed by atoms with Gasteiger partial charge in [0.1, 0.15) is 5.52 Å². The van der Waals surface area contributed by atoms with Crippen LogP contribution in [-0.4, -0.2) is 33.6 Å². The van der Waals surface area contributed by atoms with Crippen LogP contribution in [0.2, 0.25) is 0 Å². The highest BCUT2D eigenvalue weighted by Gasteiger charge is 2.14. The van der Waals surface area contributed by atoms with Gasteiger partial charge in [-0.05, 0) is 19.9 Å². The maximum absolute atomic E-state index is 12.6. The van der Waals surface area contributed by atoms with Gasteiger partial charge in [-0.1, -0.05) is 5.21 Å². The van der Waals surface area contributed by atoms with E-state index >= 15 is 0 Å².